The molecule has 3 aromatic rings. The molecular formula is C25H26BrN3O2. The van der Waals surface area contributed by atoms with Crippen molar-refractivity contribution < 1.29 is 9.59 Å². The van der Waals surface area contributed by atoms with Gasteiger partial charge in [0.2, 0.25) is 11.8 Å². The van der Waals surface area contributed by atoms with E-state index < -0.39 is 6.04 Å². The number of carbonyl (C=O) groups excluding carboxylic acids is 2. The van der Waals surface area contributed by atoms with Crippen LogP contribution in [0.2, 0.25) is 0 Å². The third-order valence-corrected chi connectivity index (χ3v) is 7.21. The maximum absolute atomic E-state index is 13.7. The van der Waals surface area contributed by atoms with Crippen LogP contribution in [0.3, 0.4) is 0 Å². The Labute approximate surface area is 190 Å². The third-order valence-electron chi connectivity index (χ3n) is 6.68. The minimum atomic E-state index is -0.684. The lowest BCUT2D eigenvalue weighted by atomic mass is 9.93. The highest BCUT2D eigenvalue weighted by Gasteiger charge is 2.42. The molecule has 1 aliphatic carbocycles. The molecule has 0 bridgehead atoms. The average Bonchev–Trinajstić information content (AvgIpc) is 3.06. The van der Waals surface area contributed by atoms with Crippen LogP contribution in [0.1, 0.15) is 49.4 Å². The summed E-state index contributed by atoms with van der Waals surface area (Å²) in [6.07, 6.45) is 5.82. The number of carbonyl (C=O) groups is 2. The Balaban J connectivity index is 1.63. The van der Waals surface area contributed by atoms with Crippen LogP contribution in [0.4, 0.5) is 5.69 Å². The molecule has 1 saturated carbocycles. The summed E-state index contributed by atoms with van der Waals surface area (Å²) in [5, 5.41) is 4.33. The van der Waals surface area contributed by atoms with Gasteiger partial charge in [-0.15, -0.1) is 0 Å². The zero-order valence-corrected chi connectivity index (χ0v) is 19.2. The van der Waals surface area contributed by atoms with E-state index in [1.165, 1.54) is 6.42 Å². The Bertz CT molecular complexity index is 1150. The molecule has 1 aliphatic heterocycles. The topological polar surface area (TPSA) is 54.3 Å². The van der Waals surface area contributed by atoms with E-state index >= 15 is 0 Å². The Hall–Kier alpha value is -2.60. The monoisotopic (exact) mass is 479 g/mol. The molecule has 160 valence electrons. The molecule has 0 radical (unpaired) electrons. The number of nitrogens with one attached hydrogen (secondary N) is 1. The lowest BCUT2D eigenvalue weighted by Crippen LogP contribution is -2.50. The number of hydrogen-bond acceptors (Lipinski definition) is 2. The van der Waals surface area contributed by atoms with Crippen LogP contribution in [-0.2, 0) is 23.1 Å². The summed E-state index contributed by atoms with van der Waals surface area (Å²) >= 11 is 3.47. The fourth-order valence-corrected chi connectivity index (χ4v) is 5.46. The Morgan fingerprint density at radius 1 is 1.03 bits per heavy atom. The lowest BCUT2D eigenvalue weighted by molar-refractivity contribution is -0.127. The largest absolute Gasteiger partial charge is 0.351 e. The highest BCUT2D eigenvalue weighted by atomic mass is 79.9. The Morgan fingerprint density at radius 3 is 2.48 bits per heavy atom. The van der Waals surface area contributed by atoms with Crippen molar-refractivity contribution in [2.24, 2.45) is 7.05 Å². The number of anilines is 1. The molecule has 1 unspecified atom stereocenters. The molecule has 0 spiro atoms. The van der Waals surface area contributed by atoms with Crippen LogP contribution >= 0.6 is 15.9 Å². The van der Waals surface area contributed by atoms with E-state index in [1.54, 1.807) is 4.90 Å². The lowest BCUT2D eigenvalue weighted by Gasteiger charge is -2.37. The number of halogens is 1. The first-order chi connectivity index (χ1) is 15.0. The molecule has 5 rings (SSSR count). The number of aromatic nitrogens is 1. The highest BCUT2D eigenvalue weighted by Crippen LogP contribution is 2.40. The predicted molar refractivity (Wildman–Crippen MR) is 126 cm³/mol. The van der Waals surface area contributed by atoms with E-state index in [9.17, 15) is 9.59 Å². The molecule has 2 amide bonds. The molecular weight excluding hydrogens is 454 g/mol. The molecule has 1 aromatic heterocycles. The van der Waals surface area contributed by atoms with Crippen molar-refractivity contribution in [1.82, 2.24) is 9.88 Å². The molecule has 2 heterocycles. The van der Waals surface area contributed by atoms with Gasteiger partial charge in [0.15, 0.2) is 6.04 Å². The average molecular weight is 480 g/mol. The van der Waals surface area contributed by atoms with Crippen molar-refractivity contribution in [1.29, 1.82) is 0 Å². The maximum Gasteiger partial charge on any atom is 0.249 e. The minimum absolute atomic E-state index is 0.0463. The van der Waals surface area contributed by atoms with Crippen LogP contribution in [0.5, 0.6) is 0 Å². The molecule has 31 heavy (non-hydrogen) atoms. The van der Waals surface area contributed by atoms with Gasteiger partial charge in [0.25, 0.3) is 0 Å². The number of para-hydroxylation sites is 1. The van der Waals surface area contributed by atoms with Gasteiger partial charge in [0, 0.05) is 34.2 Å². The van der Waals surface area contributed by atoms with Crippen LogP contribution < -0.4 is 10.2 Å². The van der Waals surface area contributed by atoms with Gasteiger partial charge in [-0.2, -0.15) is 0 Å². The first-order valence-electron chi connectivity index (χ1n) is 11.0. The normalized spacial score (nSPS) is 19.5. The smallest absolute Gasteiger partial charge is 0.249 e. The summed E-state index contributed by atoms with van der Waals surface area (Å²) in [7, 11) is 2.00. The van der Waals surface area contributed by atoms with Gasteiger partial charge >= 0.3 is 0 Å². The second-order valence-electron chi connectivity index (χ2n) is 8.60. The molecule has 5 nitrogen and oxygen atoms in total. The summed E-state index contributed by atoms with van der Waals surface area (Å²) in [6, 6.07) is 15.2. The van der Waals surface area contributed by atoms with Crippen LogP contribution in [0.25, 0.3) is 10.9 Å². The van der Waals surface area contributed by atoms with E-state index in [1.807, 2.05) is 49.5 Å². The second-order valence-corrected chi connectivity index (χ2v) is 9.52. The van der Waals surface area contributed by atoms with Gasteiger partial charge in [0.1, 0.15) is 0 Å². The quantitative estimate of drug-likeness (QED) is 0.573. The zero-order valence-electron chi connectivity index (χ0n) is 17.6. The fourth-order valence-electron chi connectivity index (χ4n) is 5.19. The Kier molecular flexibility index (Phi) is 5.34. The van der Waals surface area contributed by atoms with Crippen molar-refractivity contribution in [3.8, 4) is 0 Å². The van der Waals surface area contributed by atoms with Crippen LogP contribution in [0, 0.1) is 0 Å². The number of aryl methyl sites for hydroxylation is 1. The number of amides is 2. The molecule has 1 fully saturated rings. The van der Waals surface area contributed by atoms with Crippen molar-refractivity contribution in [2.45, 2.75) is 50.6 Å². The number of rotatable bonds is 3. The minimum Gasteiger partial charge on any atom is -0.351 e. The number of fused-ring (bicyclic) bond motifs is 3. The first kappa shape index (κ1) is 20.3. The standard InChI is InChI=1S/C25H26BrN3O2/c1-28-21-10-6-5-9-19(21)20-15-22(30)29(18-13-11-16(26)12-14-18)24(23(20)28)25(31)27-17-7-3-2-4-8-17/h5-6,9-14,17,24H,2-4,7-8,15H2,1H3,(H,27,31). The van der Waals surface area contributed by atoms with Gasteiger partial charge in [-0.05, 0) is 48.7 Å². The fraction of sp³-hybridized carbons (Fsp3) is 0.360. The van der Waals surface area contributed by atoms with Crippen molar-refractivity contribution in [3.05, 3.63) is 64.3 Å². The maximum atomic E-state index is 13.7. The first-order valence-corrected chi connectivity index (χ1v) is 11.8. The Morgan fingerprint density at radius 2 is 1.74 bits per heavy atom. The van der Waals surface area contributed by atoms with Gasteiger partial charge < -0.3 is 9.88 Å². The van der Waals surface area contributed by atoms with Crippen molar-refractivity contribution in [3.63, 3.8) is 0 Å². The van der Waals surface area contributed by atoms with Gasteiger partial charge in [-0.3, -0.25) is 14.5 Å². The van der Waals surface area contributed by atoms with E-state index in [2.05, 4.69) is 31.9 Å². The van der Waals surface area contributed by atoms with Gasteiger partial charge in [-0.25, -0.2) is 0 Å². The molecule has 6 heteroatoms. The molecule has 0 saturated heterocycles. The molecule has 1 N–H and O–H groups in total. The second kappa shape index (κ2) is 8.15. The summed E-state index contributed by atoms with van der Waals surface area (Å²) in [4.78, 5) is 28.8. The zero-order chi connectivity index (χ0) is 21.5. The van der Waals surface area contributed by atoms with Crippen molar-refractivity contribution in [2.75, 3.05) is 4.90 Å². The highest BCUT2D eigenvalue weighted by molar-refractivity contribution is 9.10. The third kappa shape index (κ3) is 3.57. The number of nitrogens with zero attached hydrogens (tertiary/aromatic N) is 2. The van der Waals surface area contributed by atoms with Gasteiger partial charge in [0.05, 0.1) is 12.1 Å². The van der Waals surface area contributed by atoms with E-state index in [4.69, 9.17) is 0 Å². The number of benzene rings is 2. The summed E-state index contributed by atoms with van der Waals surface area (Å²) in [5.74, 6) is -0.134. The predicted octanol–water partition coefficient (Wildman–Crippen LogP) is 5.02. The van der Waals surface area contributed by atoms with Crippen LogP contribution in [0.15, 0.2) is 53.0 Å². The number of hydrogen-bond donors (Lipinski definition) is 1. The van der Waals surface area contributed by atoms with E-state index in [-0.39, 0.29) is 17.9 Å². The SMILES string of the molecule is Cn1c2c(c3ccccc31)CC(=O)N(c1ccc(Br)cc1)C2C(=O)NC1CCCCC1. The van der Waals surface area contributed by atoms with Crippen molar-refractivity contribution >= 4 is 44.3 Å². The van der Waals surface area contributed by atoms with Gasteiger partial charge in [-0.1, -0.05) is 53.4 Å². The molecule has 1 atom stereocenters. The van der Waals surface area contributed by atoms with E-state index in [0.29, 0.717) is 6.42 Å². The summed E-state index contributed by atoms with van der Waals surface area (Å²) in [5.41, 5.74) is 3.68. The summed E-state index contributed by atoms with van der Waals surface area (Å²) < 4.78 is 3.03. The summed E-state index contributed by atoms with van der Waals surface area (Å²) in [6.45, 7) is 0. The molecule has 2 aromatic carbocycles. The van der Waals surface area contributed by atoms with E-state index in [0.717, 1.165) is 58.0 Å². The molecule has 2 aliphatic rings. The van der Waals surface area contributed by atoms with Crippen LogP contribution in [-0.4, -0.2) is 22.4 Å².